The highest BCUT2D eigenvalue weighted by Crippen LogP contribution is 2.67. The fraction of sp³-hybridized carbons (Fsp3) is 0.636. The van der Waals surface area contributed by atoms with Crippen molar-refractivity contribution in [1.82, 2.24) is 0 Å². The minimum atomic E-state index is 0.196. The van der Waals surface area contributed by atoms with E-state index in [1.54, 1.807) is 7.11 Å². The summed E-state index contributed by atoms with van der Waals surface area (Å²) in [5, 5.41) is 13.1. The lowest BCUT2D eigenvalue weighted by atomic mass is 9.95. The maximum Gasteiger partial charge on any atom is 0.106 e. The Hall–Kier alpha value is -1.30. The van der Waals surface area contributed by atoms with Crippen LogP contribution in [0.15, 0.2) is 16.3 Å². The fourth-order valence-electron chi connectivity index (χ4n) is 2.67. The van der Waals surface area contributed by atoms with Gasteiger partial charge in [-0.05, 0) is 17.9 Å². The van der Waals surface area contributed by atoms with Crippen LogP contribution >= 0.6 is 0 Å². The van der Waals surface area contributed by atoms with E-state index < -0.39 is 0 Å². The van der Waals surface area contributed by atoms with E-state index in [0.29, 0.717) is 11.8 Å². The Labute approximate surface area is 84.0 Å². The van der Waals surface area contributed by atoms with Crippen molar-refractivity contribution in [2.45, 2.75) is 20.8 Å². The fourth-order valence-corrected chi connectivity index (χ4v) is 2.67. The molecule has 2 aliphatic carbocycles. The van der Waals surface area contributed by atoms with Gasteiger partial charge >= 0.3 is 0 Å². The third-order valence-electron chi connectivity index (χ3n) is 3.53. The van der Waals surface area contributed by atoms with E-state index in [9.17, 15) is 0 Å². The number of rotatable bonds is 1. The molecule has 0 aromatic carbocycles. The van der Waals surface area contributed by atoms with Crippen molar-refractivity contribution in [3.63, 3.8) is 0 Å². The number of hydrogen-bond acceptors (Lipinski definition) is 3. The molecule has 0 radical (unpaired) electrons. The summed E-state index contributed by atoms with van der Waals surface area (Å²) >= 11 is 0. The summed E-state index contributed by atoms with van der Waals surface area (Å²) in [5.74, 6) is 0.776. The highest BCUT2D eigenvalue weighted by molar-refractivity contribution is 6.08. The number of nitriles is 1. The number of nitrogens with zero attached hydrogens (tertiary/aromatic N) is 2. The molecule has 2 aliphatic rings. The molecule has 2 unspecified atom stereocenters. The minimum absolute atomic E-state index is 0.196. The third-order valence-corrected chi connectivity index (χ3v) is 3.53. The van der Waals surface area contributed by atoms with Crippen molar-refractivity contribution in [1.29, 1.82) is 5.26 Å². The van der Waals surface area contributed by atoms with Crippen molar-refractivity contribution in [2.75, 3.05) is 7.11 Å². The van der Waals surface area contributed by atoms with Crippen molar-refractivity contribution in [2.24, 2.45) is 22.4 Å². The van der Waals surface area contributed by atoms with Crippen LogP contribution in [0.2, 0.25) is 0 Å². The zero-order valence-corrected chi connectivity index (χ0v) is 8.96. The summed E-state index contributed by atoms with van der Waals surface area (Å²) in [6.45, 7) is 6.31. The molecule has 0 N–H and O–H groups in total. The molecular weight excluding hydrogens is 176 g/mol. The molecule has 0 heterocycles. The molecule has 2 rings (SSSR count). The average molecular weight is 190 g/mol. The largest absolute Gasteiger partial charge is 0.399 e. The van der Waals surface area contributed by atoms with E-state index >= 15 is 0 Å². The number of oxime groups is 1. The van der Waals surface area contributed by atoms with Crippen molar-refractivity contribution in [3.05, 3.63) is 11.1 Å². The minimum Gasteiger partial charge on any atom is -0.399 e. The van der Waals surface area contributed by atoms with Gasteiger partial charge in [0.25, 0.3) is 0 Å². The molecule has 3 heteroatoms. The molecule has 14 heavy (non-hydrogen) atoms. The molecule has 0 spiro atoms. The molecule has 1 fully saturated rings. The maximum atomic E-state index is 9.05. The summed E-state index contributed by atoms with van der Waals surface area (Å²) in [5.41, 5.74) is 3.08. The van der Waals surface area contributed by atoms with Crippen LogP contribution in [0.4, 0.5) is 0 Å². The lowest BCUT2D eigenvalue weighted by molar-refractivity contribution is 0.212. The molecule has 0 aliphatic heterocycles. The van der Waals surface area contributed by atoms with Gasteiger partial charge in [0.1, 0.15) is 7.11 Å². The zero-order valence-electron chi connectivity index (χ0n) is 8.96. The predicted octanol–water partition coefficient (Wildman–Crippen LogP) is 2.11. The van der Waals surface area contributed by atoms with Crippen LogP contribution in [0.3, 0.4) is 0 Å². The monoisotopic (exact) mass is 190 g/mol. The van der Waals surface area contributed by atoms with Crippen molar-refractivity contribution >= 4 is 5.71 Å². The number of fused-ring (bicyclic) bond motifs is 1. The summed E-state index contributed by atoms with van der Waals surface area (Å²) in [6, 6.07) is 2.29. The van der Waals surface area contributed by atoms with Crippen LogP contribution in [-0.4, -0.2) is 12.8 Å². The van der Waals surface area contributed by atoms with Gasteiger partial charge in [-0.1, -0.05) is 19.0 Å². The molecule has 74 valence electrons. The van der Waals surface area contributed by atoms with Gasteiger partial charge in [-0.2, -0.15) is 5.26 Å². The summed E-state index contributed by atoms with van der Waals surface area (Å²) in [6.07, 6.45) is 0. The Kier molecular flexibility index (Phi) is 1.72. The SMILES string of the molecule is CO/N=C1\C(C)=C(C#N)C2C1C2(C)C. The second-order valence-corrected chi connectivity index (χ2v) is 4.59. The van der Waals surface area contributed by atoms with Gasteiger partial charge in [0.15, 0.2) is 0 Å². The first-order chi connectivity index (χ1) is 6.55. The van der Waals surface area contributed by atoms with Gasteiger partial charge in [-0.15, -0.1) is 0 Å². The van der Waals surface area contributed by atoms with E-state index in [4.69, 9.17) is 10.1 Å². The topological polar surface area (TPSA) is 45.4 Å². The molecule has 0 amide bonds. The first-order valence-electron chi connectivity index (χ1n) is 4.78. The Morgan fingerprint density at radius 1 is 1.43 bits per heavy atom. The van der Waals surface area contributed by atoms with Gasteiger partial charge in [0.05, 0.1) is 11.8 Å². The zero-order chi connectivity index (χ0) is 10.5. The highest BCUT2D eigenvalue weighted by Gasteiger charge is 2.66. The first kappa shape index (κ1) is 9.26. The summed E-state index contributed by atoms with van der Waals surface area (Å²) < 4.78 is 0. The highest BCUT2D eigenvalue weighted by atomic mass is 16.6. The number of hydrogen-bond donors (Lipinski definition) is 0. The van der Waals surface area contributed by atoms with E-state index in [-0.39, 0.29) is 5.41 Å². The number of allylic oxidation sites excluding steroid dienone is 2. The molecule has 0 aromatic rings. The van der Waals surface area contributed by atoms with Gasteiger partial charge in [-0.3, -0.25) is 0 Å². The van der Waals surface area contributed by atoms with Gasteiger partial charge in [0.2, 0.25) is 0 Å². The molecule has 0 aromatic heterocycles. The molecule has 1 saturated carbocycles. The van der Waals surface area contributed by atoms with Crippen LogP contribution in [0.25, 0.3) is 0 Å². The van der Waals surface area contributed by atoms with Crippen LogP contribution in [-0.2, 0) is 4.84 Å². The normalized spacial score (nSPS) is 35.5. The van der Waals surface area contributed by atoms with Crippen molar-refractivity contribution in [3.8, 4) is 6.07 Å². The van der Waals surface area contributed by atoms with Gasteiger partial charge in [0, 0.05) is 17.4 Å². The Bertz CT molecular complexity index is 385. The van der Waals surface area contributed by atoms with E-state index in [1.807, 2.05) is 6.92 Å². The second kappa shape index (κ2) is 2.60. The molecule has 3 nitrogen and oxygen atoms in total. The van der Waals surface area contributed by atoms with Crippen LogP contribution in [0.5, 0.6) is 0 Å². The van der Waals surface area contributed by atoms with Crippen LogP contribution in [0, 0.1) is 28.6 Å². The van der Waals surface area contributed by atoms with E-state index in [2.05, 4.69) is 25.1 Å². The molecule has 0 saturated heterocycles. The Balaban J connectivity index is 2.45. The Morgan fingerprint density at radius 2 is 2.07 bits per heavy atom. The quantitative estimate of drug-likeness (QED) is 0.594. The predicted molar refractivity (Wildman–Crippen MR) is 53.5 cm³/mol. The Morgan fingerprint density at radius 3 is 2.50 bits per heavy atom. The first-order valence-corrected chi connectivity index (χ1v) is 4.78. The average Bonchev–Trinajstić information content (AvgIpc) is 2.53. The van der Waals surface area contributed by atoms with Crippen LogP contribution < -0.4 is 0 Å². The molecular formula is C11H14N2O. The van der Waals surface area contributed by atoms with Crippen LogP contribution in [0.1, 0.15) is 20.8 Å². The van der Waals surface area contributed by atoms with Gasteiger partial charge < -0.3 is 4.84 Å². The summed E-state index contributed by atoms with van der Waals surface area (Å²) in [4.78, 5) is 4.82. The molecule has 2 atom stereocenters. The van der Waals surface area contributed by atoms with E-state index in [0.717, 1.165) is 16.9 Å². The lowest BCUT2D eigenvalue weighted by Crippen LogP contribution is -2.09. The third kappa shape index (κ3) is 0.886. The smallest absolute Gasteiger partial charge is 0.106 e. The lowest BCUT2D eigenvalue weighted by Gasteiger charge is -2.09. The maximum absolute atomic E-state index is 9.05. The second-order valence-electron chi connectivity index (χ2n) is 4.59. The van der Waals surface area contributed by atoms with E-state index in [1.165, 1.54) is 0 Å². The van der Waals surface area contributed by atoms with Crippen molar-refractivity contribution < 1.29 is 4.84 Å². The molecule has 0 bridgehead atoms. The van der Waals surface area contributed by atoms with Gasteiger partial charge in [-0.25, -0.2) is 0 Å². The standard InChI is InChI=1S/C11H14N2O/c1-6-7(5-12)8-9(11(8,2)3)10(6)13-14-4/h8-9H,1-4H3/b13-10+. The summed E-state index contributed by atoms with van der Waals surface area (Å²) in [7, 11) is 1.55.